The van der Waals surface area contributed by atoms with E-state index in [1.807, 2.05) is 36.4 Å². The Bertz CT molecular complexity index is 734. The van der Waals surface area contributed by atoms with E-state index in [1.54, 1.807) is 12.1 Å². The third-order valence-electron chi connectivity index (χ3n) is 4.57. The number of aliphatic hydroxyl groups is 1. The summed E-state index contributed by atoms with van der Waals surface area (Å²) in [4.78, 5) is 0. The van der Waals surface area contributed by atoms with Crippen LogP contribution in [0.25, 0.3) is 0 Å². The van der Waals surface area contributed by atoms with E-state index < -0.39 is 5.60 Å². The summed E-state index contributed by atoms with van der Waals surface area (Å²) in [5, 5.41) is 14.3. The van der Waals surface area contributed by atoms with Crippen LogP contribution in [0.3, 0.4) is 0 Å². The molecule has 0 saturated heterocycles. The van der Waals surface area contributed by atoms with Crippen molar-refractivity contribution in [3.63, 3.8) is 0 Å². The Morgan fingerprint density at radius 2 is 1.83 bits per heavy atom. The molecule has 0 heterocycles. The maximum atomic E-state index is 13.8. The lowest BCUT2D eigenvalue weighted by molar-refractivity contribution is 0.0253. The van der Waals surface area contributed by atoms with Crippen LogP contribution in [0.5, 0.6) is 0 Å². The van der Waals surface area contributed by atoms with E-state index in [4.69, 9.17) is 0 Å². The molecule has 2 aromatic rings. The summed E-state index contributed by atoms with van der Waals surface area (Å²) in [6.45, 7) is 0.396. The first kappa shape index (κ1) is 16.7. The summed E-state index contributed by atoms with van der Waals surface area (Å²) in [5.74, 6) is 5.92. The first-order chi connectivity index (χ1) is 11.7. The lowest BCUT2D eigenvalue weighted by atomic mass is 9.80. The lowest BCUT2D eigenvalue weighted by Crippen LogP contribution is -2.51. The highest BCUT2D eigenvalue weighted by Crippen LogP contribution is 2.28. The van der Waals surface area contributed by atoms with Crippen molar-refractivity contribution >= 4 is 0 Å². The molecule has 1 saturated carbocycles. The SMILES string of the molecule is O[C@@]1(C#Cc2ccccc2)CCCC[C@@H]1NCc1ccccc1F. The number of rotatable bonds is 3. The fraction of sp³-hybridized carbons (Fsp3) is 0.333. The van der Waals surface area contributed by atoms with Crippen LogP contribution in [-0.4, -0.2) is 16.7 Å². The molecular weight excluding hydrogens is 301 g/mol. The Morgan fingerprint density at radius 1 is 1.08 bits per heavy atom. The number of nitrogens with one attached hydrogen (secondary N) is 1. The molecule has 0 aliphatic heterocycles. The van der Waals surface area contributed by atoms with Crippen molar-refractivity contribution in [2.75, 3.05) is 0 Å². The van der Waals surface area contributed by atoms with Crippen LogP contribution in [0.2, 0.25) is 0 Å². The zero-order valence-corrected chi connectivity index (χ0v) is 13.6. The summed E-state index contributed by atoms with van der Waals surface area (Å²) >= 11 is 0. The highest BCUT2D eigenvalue weighted by Gasteiger charge is 2.37. The number of hydrogen-bond donors (Lipinski definition) is 2. The van der Waals surface area contributed by atoms with E-state index in [-0.39, 0.29) is 11.9 Å². The molecule has 24 heavy (non-hydrogen) atoms. The van der Waals surface area contributed by atoms with Gasteiger partial charge in [0.2, 0.25) is 0 Å². The van der Waals surface area contributed by atoms with E-state index in [0.717, 1.165) is 24.8 Å². The lowest BCUT2D eigenvalue weighted by Gasteiger charge is -2.36. The van der Waals surface area contributed by atoms with E-state index >= 15 is 0 Å². The van der Waals surface area contributed by atoms with Gasteiger partial charge in [0.05, 0.1) is 0 Å². The smallest absolute Gasteiger partial charge is 0.141 e. The quantitative estimate of drug-likeness (QED) is 0.845. The molecule has 1 aliphatic rings. The van der Waals surface area contributed by atoms with Gasteiger partial charge in [-0.3, -0.25) is 0 Å². The van der Waals surface area contributed by atoms with E-state index in [1.165, 1.54) is 6.07 Å². The highest BCUT2D eigenvalue weighted by atomic mass is 19.1. The van der Waals surface area contributed by atoms with Gasteiger partial charge in [-0.25, -0.2) is 4.39 Å². The molecule has 0 bridgehead atoms. The van der Waals surface area contributed by atoms with Crippen molar-refractivity contribution < 1.29 is 9.50 Å². The Balaban J connectivity index is 1.73. The van der Waals surface area contributed by atoms with Crippen LogP contribution in [0.4, 0.5) is 4.39 Å². The van der Waals surface area contributed by atoms with Gasteiger partial charge in [0.25, 0.3) is 0 Å². The largest absolute Gasteiger partial charge is 0.376 e. The van der Waals surface area contributed by atoms with Crippen molar-refractivity contribution in [3.05, 3.63) is 71.5 Å². The van der Waals surface area contributed by atoms with Crippen LogP contribution in [0.15, 0.2) is 54.6 Å². The fourth-order valence-corrected chi connectivity index (χ4v) is 3.15. The molecule has 3 heteroatoms. The van der Waals surface area contributed by atoms with Crippen LogP contribution in [0.1, 0.15) is 36.8 Å². The van der Waals surface area contributed by atoms with Gasteiger partial charge in [0.1, 0.15) is 11.4 Å². The molecule has 3 rings (SSSR count). The number of benzene rings is 2. The molecule has 0 radical (unpaired) electrons. The van der Waals surface area contributed by atoms with Crippen LogP contribution in [0, 0.1) is 17.7 Å². The predicted octanol–water partition coefficient (Wildman–Crippen LogP) is 3.64. The van der Waals surface area contributed by atoms with Crippen molar-refractivity contribution in [3.8, 4) is 11.8 Å². The zero-order valence-electron chi connectivity index (χ0n) is 13.6. The van der Waals surface area contributed by atoms with E-state index in [2.05, 4.69) is 17.2 Å². The maximum Gasteiger partial charge on any atom is 0.141 e. The summed E-state index contributed by atoms with van der Waals surface area (Å²) in [7, 11) is 0. The van der Waals surface area contributed by atoms with Crippen molar-refractivity contribution in [2.24, 2.45) is 0 Å². The van der Waals surface area contributed by atoms with Crippen LogP contribution >= 0.6 is 0 Å². The Morgan fingerprint density at radius 3 is 2.62 bits per heavy atom. The van der Waals surface area contributed by atoms with Gasteiger partial charge in [0.15, 0.2) is 0 Å². The third kappa shape index (κ3) is 4.03. The average molecular weight is 323 g/mol. The van der Waals surface area contributed by atoms with Crippen LogP contribution in [-0.2, 0) is 6.54 Å². The van der Waals surface area contributed by atoms with Gasteiger partial charge in [0, 0.05) is 23.7 Å². The molecule has 2 N–H and O–H groups in total. The summed E-state index contributed by atoms with van der Waals surface area (Å²) in [6, 6.07) is 16.2. The van der Waals surface area contributed by atoms with Crippen LogP contribution < -0.4 is 5.32 Å². The summed E-state index contributed by atoms with van der Waals surface area (Å²) in [6.07, 6.45) is 3.48. The summed E-state index contributed by atoms with van der Waals surface area (Å²) in [5.41, 5.74) is 0.435. The second kappa shape index (κ2) is 7.61. The molecule has 124 valence electrons. The zero-order chi connectivity index (χ0) is 16.8. The van der Waals surface area contributed by atoms with Gasteiger partial charge in [-0.1, -0.05) is 54.7 Å². The highest BCUT2D eigenvalue weighted by molar-refractivity contribution is 5.37. The number of hydrogen-bond acceptors (Lipinski definition) is 2. The van der Waals surface area contributed by atoms with E-state index in [0.29, 0.717) is 18.5 Å². The molecule has 0 amide bonds. The standard InChI is InChI=1S/C21H22FNO/c22-19-11-5-4-10-18(19)16-23-20-12-6-7-14-21(20,24)15-13-17-8-2-1-3-9-17/h1-5,8-11,20,23-24H,6-7,12,14,16H2/t20-,21+/m0/s1. The minimum Gasteiger partial charge on any atom is -0.376 e. The van der Waals surface area contributed by atoms with E-state index in [9.17, 15) is 9.50 Å². The Labute approximate surface area is 142 Å². The molecule has 2 nitrogen and oxygen atoms in total. The molecular formula is C21H22FNO. The van der Waals surface area contributed by atoms with Gasteiger partial charge in [-0.05, 0) is 37.5 Å². The molecule has 2 atom stereocenters. The molecule has 0 spiro atoms. The molecule has 0 aromatic heterocycles. The normalized spacial score (nSPS) is 23.3. The second-order valence-electron chi connectivity index (χ2n) is 6.31. The first-order valence-electron chi connectivity index (χ1n) is 8.45. The third-order valence-corrected chi connectivity index (χ3v) is 4.57. The van der Waals surface area contributed by atoms with Gasteiger partial charge in [-0.15, -0.1) is 0 Å². The minimum atomic E-state index is -1.07. The first-order valence-corrected chi connectivity index (χ1v) is 8.45. The topological polar surface area (TPSA) is 32.3 Å². The predicted molar refractivity (Wildman–Crippen MR) is 93.8 cm³/mol. The van der Waals surface area contributed by atoms with Gasteiger partial charge >= 0.3 is 0 Å². The Hall–Kier alpha value is -2.15. The van der Waals surface area contributed by atoms with Gasteiger partial charge in [-0.2, -0.15) is 0 Å². The molecule has 0 unspecified atom stereocenters. The maximum absolute atomic E-state index is 13.8. The van der Waals surface area contributed by atoms with Crippen molar-refractivity contribution in [2.45, 2.75) is 43.9 Å². The molecule has 1 fully saturated rings. The van der Waals surface area contributed by atoms with Crippen molar-refractivity contribution in [1.29, 1.82) is 0 Å². The molecule has 1 aliphatic carbocycles. The number of halogens is 1. The summed E-state index contributed by atoms with van der Waals surface area (Å²) < 4.78 is 13.8. The van der Waals surface area contributed by atoms with Gasteiger partial charge < -0.3 is 10.4 Å². The molecule has 2 aromatic carbocycles. The monoisotopic (exact) mass is 323 g/mol. The van der Waals surface area contributed by atoms with Crippen molar-refractivity contribution in [1.82, 2.24) is 5.32 Å². The average Bonchev–Trinajstić information content (AvgIpc) is 2.62. The second-order valence-corrected chi connectivity index (χ2v) is 6.31. The fourth-order valence-electron chi connectivity index (χ4n) is 3.15. The Kier molecular flexibility index (Phi) is 5.30. The minimum absolute atomic E-state index is 0.151.